The molecule has 0 saturated heterocycles. The van der Waals surface area contributed by atoms with Crippen molar-refractivity contribution >= 4 is 0 Å². The van der Waals surface area contributed by atoms with Gasteiger partial charge in [0.1, 0.15) is 0 Å². The van der Waals surface area contributed by atoms with Crippen LogP contribution in [0, 0.1) is 0 Å². The van der Waals surface area contributed by atoms with Crippen molar-refractivity contribution in [2.24, 2.45) is 0 Å². The van der Waals surface area contributed by atoms with Gasteiger partial charge in [0.2, 0.25) is 0 Å². The highest BCUT2D eigenvalue weighted by Crippen LogP contribution is 1.79. The Hall–Kier alpha value is -0.340. The molecule has 0 bridgehead atoms. The Balaban J connectivity index is 3.04. The molecule has 2 heteroatoms. The lowest BCUT2D eigenvalue weighted by atomic mass is 10.5. The Kier molecular flexibility index (Phi) is 6.55. The lowest BCUT2D eigenvalue weighted by molar-refractivity contribution is 0.367. The average molecular weight is 142 g/mol. The van der Waals surface area contributed by atoms with E-state index in [1.807, 2.05) is 6.08 Å². The molecule has 0 amide bonds. The Labute approximate surface area is 63.9 Å². The van der Waals surface area contributed by atoms with Crippen LogP contribution < -0.4 is 5.32 Å². The van der Waals surface area contributed by atoms with Crippen molar-refractivity contribution in [3.8, 4) is 0 Å². The minimum absolute atomic E-state index is 0.978. The highest BCUT2D eigenvalue weighted by molar-refractivity contribution is 4.71. The molecule has 0 aliphatic heterocycles. The van der Waals surface area contributed by atoms with Crippen LogP contribution in [0.1, 0.15) is 6.92 Å². The summed E-state index contributed by atoms with van der Waals surface area (Å²) >= 11 is 0. The van der Waals surface area contributed by atoms with Gasteiger partial charge in [-0.3, -0.25) is 0 Å². The maximum absolute atomic E-state index is 3.67. The normalized spacial score (nSPS) is 10.3. The van der Waals surface area contributed by atoms with Crippen molar-refractivity contribution in [1.82, 2.24) is 10.2 Å². The highest BCUT2D eigenvalue weighted by Gasteiger charge is 1.91. The van der Waals surface area contributed by atoms with Crippen molar-refractivity contribution < 1.29 is 0 Å². The van der Waals surface area contributed by atoms with E-state index in [0.717, 1.165) is 26.2 Å². The van der Waals surface area contributed by atoms with Gasteiger partial charge in [0.05, 0.1) is 0 Å². The predicted octanol–water partition coefficient (Wildman–Crippen LogP) is 0.714. The van der Waals surface area contributed by atoms with Gasteiger partial charge in [-0.1, -0.05) is 13.0 Å². The molecule has 0 spiro atoms. The molecule has 1 N–H and O–H groups in total. The van der Waals surface area contributed by atoms with Crippen LogP contribution in [0.4, 0.5) is 0 Å². The third-order valence-electron chi connectivity index (χ3n) is 1.36. The van der Waals surface area contributed by atoms with Gasteiger partial charge in [0.15, 0.2) is 0 Å². The summed E-state index contributed by atoms with van der Waals surface area (Å²) in [5.41, 5.74) is 0. The minimum Gasteiger partial charge on any atom is -0.316 e. The molecule has 0 aliphatic rings. The van der Waals surface area contributed by atoms with Crippen LogP contribution in [-0.2, 0) is 0 Å². The topological polar surface area (TPSA) is 15.3 Å². The second-order valence-electron chi connectivity index (χ2n) is 2.40. The van der Waals surface area contributed by atoms with E-state index in [2.05, 4.69) is 30.8 Å². The number of nitrogens with one attached hydrogen (secondary N) is 1. The first-order valence-electron chi connectivity index (χ1n) is 3.81. The van der Waals surface area contributed by atoms with E-state index in [0.29, 0.717) is 0 Å². The molecule has 0 saturated carbocycles. The zero-order valence-corrected chi connectivity index (χ0v) is 7.06. The molecule has 0 aromatic carbocycles. The molecule has 0 aliphatic carbocycles. The SMILES string of the molecule is C=CCN(C)CCNCC. The Bertz CT molecular complexity index is 81.3. The fraction of sp³-hybridized carbons (Fsp3) is 0.750. The zero-order valence-electron chi connectivity index (χ0n) is 7.06. The van der Waals surface area contributed by atoms with Gasteiger partial charge in [-0.15, -0.1) is 6.58 Å². The van der Waals surface area contributed by atoms with Crippen molar-refractivity contribution in [3.63, 3.8) is 0 Å². The van der Waals surface area contributed by atoms with Crippen molar-refractivity contribution in [3.05, 3.63) is 12.7 Å². The van der Waals surface area contributed by atoms with Crippen LogP contribution in [0.15, 0.2) is 12.7 Å². The third-order valence-corrected chi connectivity index (χ3v) is 1.36. The molecule has 0 heterocycles. The number of rotatable bonds is 6. The summed E-state index contributed by atoms with van der Waals surface area (Å²) < 4.78 is 0. The molecule has 0 rings (SSSR count). The average Bonchev–Trinajstić information content (AvgIpc) is 1.89. The number of nitrogens with zero attached hydrogens (tertiary/aromatic N) is 1. The van der Waals surface area contributed by atoms with E-state index in [1.165, 1.54) is 0 Å². The number of likely N-dealkylation sites (N-methyl/N-ethyl adjacent to an activating group) is 2. The maximum atomic E-state index is 3.67. The minimum atomic E-state index is 0.978. The van der Waals surface area contributed by atoms with Gasteiger partial charge in [-0.25, -0.2) is 0 Å². The van der Waals surface area contributed by atoms with Crippen LogP contribution in [0.3, 0.4) is 0 Å². The molecular formula is C8H18N2. The quantitative estimate of drug-likeness (QED) is 0.434. The Morgan fingerprint density at radius 2 is 2.30 bits per heavy atom. The van der Waals surface area contributed by atoms with Gasteiger partial charge in [0, 0.05) is 19.6 Å². The Morgan fingerprint density at radius 3 is 2.80 bits per heavy atom. The standard InChI is InChI=1S/C8H18N2/c1-4-7-10(3)8-6-9-5-2/h4,9H,1,5-8H2,2-3H3. The second-order valence-corrected chi connectivity index (χ2v) is 2.40. The van der Waals surface area contributed by atoms with Crippen LogP contribution in [0.25, 0.3) is 0 Å². The summed E-state index contributed by atoms with van der Waals surface area (Å²) in [6, 6.07) is 0. The summed E-state index contributed by atoms with van der Waals surface area (Å²) in [5, 5.41) is 3.26. The van der Waals surface area contributed by atoms with Gasteiger partial charge in [-0.2, -0.15) is 0 Å². The Morgan fingerprint density at radius 1 is 1.60 bits per heavy atom. The largest absolute Gasteiger partial charge is 0.316 e. The third kappa shape index (κ3) is 5.79. The van der Waals surface area contributed by atoms with Gasteiger partial charge in [-0.05, 0) is 13.6 Å². The first-order valence-corrected chi connectivity index (χ1v) is 3.81. The lowest BCUT2D eigenvalue weighted by Crippen LogP contribution is -2.29. The van der Waals surface area contributed by atoms with E-state index in [-0.39, 0.29) is 0 Å². The number of hydrogen-bond acceptors (Lipinski definition) is 2. The van der Waals surface area contributed by atoms with E-state index in [9.17, 15) is 0 Å². The fourth-order valence-corrected chi connectivity index (χ4v) is 0.758. The van der Waals surface area contributed by atoms with E-state index >= 15 is 0 Å². The van der Waals surface area contributed by atoms with Crippen molar-refractivity contribution in [1.29, 1.82) is 0 Å². The molecule has 0 unspecified atom stereocenters. The van der Waals surface area contributed by atoms with Crippen LogP contribution >= 0.6 is 0 Å². The summed E-state index contributed by atoms with van der Waals surface area (Å²) in [6.45, 7) is 9.99. The molecule has 0 fully saturated rings. The van der Waals surface area contributed by atoms with Crippen molar-refractivity contribution in [2.75, 3.05) is 33.2 Å². The monoisotopic (exact) mass is 142 g/mol. The fourth-order valence-electron chi connectivity index (χ4n) is 0.758. The van der Waals surface area contributed by atoms with E-state index < -0.39 is 0 Å². The van der Waals surface area contributed by atoms with Crippen LogP contribution in [0.2, 0.25) is 0 Å². The molecule has 2 nitrogen and oxygen atoms in total. The summed E-state index contributed by atoms with van der Waals surface area (Å²) in [7, 11) is 2.10. The van der Waals surface area contributed by atoms with Gasteiger partial charge < -0.3 is 10.2 Å². The maximum Gasteiger partial charge on any atom is 0.0158 e. The number of hydrogen-bond donors (Lipinski definition) is 1. The smallest absolute Gasteiger partial charge is 0.0158 e. The van der Waals surface area contributed by atoms with Gasteiger partial charge >= 0.3 is 0 Å². The summed E-state index contributed by atoms with van der Waals surface area (Å²) in [4.78, 5) is 2.23. The first kappa shape index (κ1) is 9.66. The van der Waals surface area contributed by atoms with Crippen molar-refractivity contribution in [2.45, 2.75) is 6.92 Å². The van der Waals surface area contributed by atoms with E-state index in [1.54, 1.807) is 0 Å². The second kappa shape index (κ2) is 6.78. The van der Waals surface area contributed by atoms with Gasteiger partial charge in [0.25, 0.3) is 0 Å². The lowest BCUT2D eigenvalue weighted by Gasteiger charge is -2.13. The molecule has 0 radical (unpaired) electrons. The zero-order chi connectivity index (χ0) is 7.82. The summed E-state index contributed by atoms with van der Waals surface area (Å²) in [6.07, 6.45) is 1.92. The molecule has 10 heavy (non-hydrogen) atoms. The first-order chi connectivity index (χ1) is 4.81. The molecule has 0 atom stereocenters. The highest BCUT2D eigenvalue weighted by atomic mass is 15.1. The molecule has 0 aromatic rings. The summed E-state index contributed by atoms with van der Waals surface area (Å²) in [5.74, 6) is 0. The molecular weight excluding hydrogens is 124 g/mol. The van der Waals surface area contributed by atoms with E-state index in [4.69, 9.17) is 0 Å². The predicted molar refractivity (Wildman–Crippen MR) is 46.2 cm³/mol. The van der Waals surface area contributed by atoms with Crippen LogP contribution in [0.5, 0.6) is 0 Å². The molecule has 0 aromatic heterocycles. The molecule has 60 valence electrons. The van der Waals surface area contributed by atoms with Crippen LogP contribution in [-0.4, -0.2) is 38.1 Å².